The van der Waals surface area contributed by atoms with Crippen LogP contribution in [0.3, 0.4) is 0 Å². The Morgan fingerprint density at radius 1 is 1.15 bits per heavy atom. The van der Waals surface area contributed by atoms with E-state index >= 15 is 0 Å². The summed E-state index contributed by atoms with van der Waals surface area (Å²) < 4.78 is 11.5. The predicted molar refractivity (Wildman–Crippen MR) is 129 cm³/mol. The van der Waals surface area contributed by atoms with Crippen LogP contribution in [-0.2, 0) is 4.79 Å². The maximum atomic E-state index is 11.9. The Morgan fingerprint density at radius 2 is 2.03 bits per heavy atom. The molecule has 0 radical (unpaired) electrons. The van der Waals surface area contributed by atoms with Crippen LogP contribution in [0.2, 0.25) is 0 Å². The molecule has 2 N–H and O–H groups in total. The molecule has 1 aromatic heterocycles. The SMILES string of the molecule is COc1ccc(Nc2nccc(NCC3=CC=CCC3=O)n2)cc1OCCCN1CCCC1. The van der Waals surface area contributed by atoms with Gasteiger partial charge in [0.05, 0.1) is 13.7 Å². The second kappa shape index (κ2) is 11.5. The molecule has 4 rings (SSSR count). The standard InChI is InChI=1S/C25H31N5O3/c1-32-22-10-9-20(17-23(22)33-16-6-15-30-13-4-5-14-30)28-25-26-12-11-24(29-25)27-18-19-7-2-3-8-21(19)31/h2-3,7,9-12,17H,4-6,8,13-16,18H2,1H3,(H2,26,27,28,29). The van der Waals surface area contributed by atoms with Crippen molar-refractivity contribution < 1.29 is 14.3 Å². The number of ether oxygens (including phenoxy) is 2. The van der Waals surface area contributed by atoms with E-state index in [1.165, 1.54) is 25.9 Å². The van der Waals surface area contributed by atoms with Gasteiger partial charge in [0.1, 0.15) is 5.82 Å². The van der Waals surface area contributed by atoms with Crippen molar-refractivity contribution >= 4 is 23.2 Å². The quantitative estimate of drug-likeness (QED) is 0.499. The number of methoxy groups -OCH3 is 1. The van der Waals surface area contributed by atoms with Gasteiger partial charge in [-0.25, -0.2) is 4.98 Å². The van der Waals surface area contributed by atoms with Crippen LogP contribution in [0, 0.1) is 0 Å². The van der Waals surface area contributed by atoms with Crippen molar-refractivity contribution in [2.24, 2.45) is 0 Å². The molecule has 0 saturated carbocycles. The second-order valence-corrected chi connectivity index (χ2v) is 8.11. The lowest BCUT2D eigenvalue weighted by atomic mass is 10.0. The summed E-state index contributed by atoms with van der Waals surface area (Å²) in [6.07, 6.45) is 11.3. The van der Waals surface area contributed by atoms with Crippen LogP contribution >= 0.6 is 0 Å². The summed E-state index contributed by atoms with van der Waals surface area (Å²) in [5.74, 6) is 2.60. The number of hydrogen-bond donors (Lipinski definition) is 2. The lowest BCUT2D eigenvalue weighted by molar-refractivity contribution is -0.114. The Bertz CT molecular complexity index is 1010. The van der Waals surface area contributed by atoms with Gasteiger partial charge < -0.3 is 25.0 Å². The van der Waals surface area contributed by atoms with Gasteiger partial charge in [-0.1, -0.05) is 18.2 Å². The highest BCUT2D eigenvalue weighted by Gasteiger charge is 2.13. The highest BCUT2D eigenvalue weighted by molar-refractivity contribution is 5.98. The van der Waals surface area contributed by atoms with Crippen LogP contribution in [0.4, 0.5) is 17.5 Å². The molecule has 0 unspecified atom stereocenters. The fourth-order valence-electron chi connectivity index (χ4n) is 3.92. The monoisotopic (exact) mass is 449 g/mol. The summed E-state index contributed by atoms with van der Waals surface area (Å²) in [6, 6.07) is 7.44. The Labute approximate surface area is 194 Å². The van der Waals surface area contributed by atoms with Gasteiger partial charge in [-0.3, -0.25) is 4.79 Å². The van der Waals surface area contributed by atoms with Crippen LogP contribution < -0.4 is 20.1 Å². The average molecular weight is 450 g/mol. The van der Waals surface area contributed by atoms with Crippen molar-refractivity contribution in [3.63, 3.8) is 0 Å². The van der Waals surface area contributed by atoms with Crippen LogP contribution in [0.1, 0.15) is 25.7 Å². The predicted octanol–water partition coefficient (Wildman–Crippen LogP) is 3.96. The lowest BCUT2D eigenvalue weighted by Crippen LogP contribution is -2.21. The number of nitrogens with one attached hydrogen (secondary N) is 2. The van der Waals surface area contributed by atoms with Crippen molar-refractivity contribution in [1.29, 1.82) is 0 Å². The zero-order valence-electron chi connectivity index (χ0n) is 19.0. The Hall–Kier alpha value is -3.39. The van der Waals surface area contributed by atoms with Gasteiger partial charge in [-0.15, -0.1) is 0 Å². The molecule has 0 bridgehead atoms. The molecule has 0 atom stereocenters. The third kappa shape index (κ3) is 6.55. The smallest absolute Gasteiger partial charge is 0.229 e. The fourth-order valence-corrected chi connectivity index (χ4v) is 3.92. The summed E-state index contributed by atoms with van der Waals surface area (Å²) in [5, 5.41) is 6.41. The minimum atomic E-state index is 0.128. The zero-order valence-corrected chi connectivity index (χ0v) is 19.0. The molecule has 8 heteroatoms. The topological polar surface area (TPSA) is 88.6 Å². The molecule has 1 aliphatic heterocycles. The molecule has 174 valence electrons. The number of nitrogens with zero attached hydrogens (tertiary/aromatic N) is 3. The highest BCUT2D eigenvalue weighted by Crippen LogP contribution is 2.31. The summed E-state index contributed by atoms with van der Waals surface area (Å²) >= 11 is 0. The first-order valence-corrected chi connectivity index (χ1v) is 11.5. The van der Waals surface area contributed by atoms with Crippen molar-refractivity contribution in [1.82, 2.24) is 14.9 Å². The summed E-state index contributed by atoms with van der Waals surface area (Å²) in [4.78, 5) is 23.2. The molecule has 0 amide bonds. The molecular formula is C25H31N5O3. The minimum absolute atomic E-state index is 0.128. The summed E-state index contributed by atoms with van der Waals surface area (Å²) in [5.41, 5.74) is 1.55. The normalized spacial score (nSPS) is 15.9. The van der Waals surface area contributed by atoms with Gasteiger partial charge in [0, 0.05) is 43.0 Å². The molecule has 2 heterocycles. The zero-order chi connectivity index (χ0) is 22.9. The van der Waals surface area contributed by atoms with E-state index in [9.17, 15) is 4.79 Å². The van der Waals surface area contributed by atoms with E-state index in [0.29, 0.717) is 42.8 Å². The van der Waals surface area contributed by atoms with Crippen LogP contribution in [-0.4, -0.2) is 60.5 Å². The summed E-state index contributed by atoms with van der Waals surface area (Å²) in [6.45, 7) is 4.52. The molecule has 2 aromatic rings. The number of anilines is 3. The second-order valence-electron chi connectivity index (χ2n) is 8.11. The van der Waals surface area contributed by atoms with E-state index in [4.69, 9.17) is 9.47 Å². The highest BCUT2D eigenvalue weighted by atomic mass is 16.5. The number of Topliss-reactive ketones (excluding diaryl/α,β-unsaturated/α-hetero) is 1. The molecule has 33 heavy (non-hydrogen) atoms. The molecule has 1 saturated heterocycles. The first-order chi connectivity index (χ1) is 16.2. The number of rotatable bonds is 11. The maximum absolute atomic E-state index is 11.9. The van der Waals surface area contributed by atoms with E-state index < -0.39 is 0 Å². The van der Waals surface area contributed by atoms with E-state index in [0.717, 1.165) is 24.2 Å². The molecular weight excluding hydrogens is 418 g/mol. The van der Waals surface area contributed by atoms with Crippen molar-refractivity contribution in [2.45, 2.75) is 25.7 Å². The molecule has 1 aliphatic carbocycles. The fraction of sp³-hybridized carbons (Fsp3) is 0.400. The molecule has 1 fully saturated rings. The van der Waals surface area contributed by atoms with Crippen LogP contribution in [0.5, 0.6) is 11.5 Å². The molecule has 1 aromatic carbocycles. The number of allylic oxidation sites excluding steroid dienone is 3. The summed E-state index contributed by atoms with van der Waals surface area (Å²) in [7, 11) is 1.64. The third-order valence-electron chi connectivity index (χ3n) is 5.71. The minimum Gasteiger partial charge on any atom is -0.493 e. The van der Waals surface area contributed by atoms with Crippen molar-refractivity contribution in [2.75, 3.05) is 50.5 Å². The van der Waals surface area contributed by atoms with Gasteiger partial charge in [0.25, 0.3) is 0 Å². The van der Waals surface area contributed by atoms with Gasteiger partial charge in [0.15, 0.2) is 17.3 Å². The van der Waals surface area contributed by atoms with E-state index in [2.05, 4.69) is 25.5 Å². The largest absolute Gasteiger partial charge is 0.493 e. The number of benzene rings is 1. The number of carbonyl (C=O) groups excluding carboxylic acids is 1. The average Bonchev–Trinajstić information content (AvgIpc) is 3.35. The molecule has 2 aliphatic rings. The van der Waals surface area contributed by atoms with Gasteiger partial charge in [-0.2, -0.15) is 4.98 Å². The van der Waals surface area contributed by atoms with Gasteiger partial charge >= 0.3 is 0 Å². The first kappa shape index (κ1) is 22.8. The van der Waals surface area contributed by atoms with Gasteiger partial charge in [-0.05, 0) is 50.6 Å². The maximum Gasteiger partial charge on any atom is 0.229 e. The molecule has 0 spiro atoms. The number of hydrogen-bond acceptors (Lipinski definition) is 8. The van der Waals surface area contributed by atoms with Gasteiger partial charge in [0.2, 0.25) is 5.95 Å². The number of ketones is 1. The number of likely N-dealkylation sites (tertiary alicyclic amines) is 1. The first-order valence-electron chi connectivity index (χ1n) is 11.5. The van der Waals surface area contributed by atoms with E-state index in [1.54, 1.807) is 19.4 Å². The molecule has 8 nitrogen and oxygen atoms in total. The Morgan fingerprint density at radius 3 is 2.85 bits per heavy atom. The number of aromatic nitrogens is 2. The third-order valence-corrected chi connectivity index (χ3v) is 5.71. The Balaban J connectivity index is 1.34. The Kier molecular flexibility index (Phi) is 7.92. The van der Waals surface area contributed by atoms with E-state index in [1.807, 2.05) is 36.4 Å². The van der Waals surface area contributed by atoms with Crippen LogP contribution in [0.25, 0.3) is 0 Å². The van der Waals surface area contributed by atoms with E-state index in [-0.39, 0.29) is 5.78 Å². The van der Waals surface area contributed by atoms with Crippen molar-refractivity contribution in [3.8, 4) is 11.5 Å². The lowest BCUT2D eigenvalue weighted by Gasteiger charge is -2.16. The van der Waals surface area contributed by atoms with Crippen LogP contribution in [0.15, 0.2) is 54.3 Å². The number of carbonyl (C=O) groups is 1. The van der Waals surface area contributed by atoms with Crippen molar-refractivity contribution in [3.05, 3.63) is 54.3 Å².